The highest BCUT2D eigenvalue weighted by Gasteiger charge is 2.32. The molecule has 2 aromatic carbocycles. The first-order valence-electron chi connectivity index (χ1n) is 8.84. The summed E-state index contributed by atoms with van der Waals surface area (Å²) in [6.45, 7) is 1.98. The Morgan fingerprint density at radius 1 is 1.07 bits per heavy atom. The van der Waals surface area contributed by atoms with Crippen molar-refractivity contribution < 1.29 is 13.2 Å². The molecule has 0 saturated heterocycles. The number of halogens is 4. The van der Waals surface area contributed by atoms with Crippen LogP contribution in [-0.2, 0) is 12.7 Å². The average molecular weight is 461 g/mol. The van der Waals surface area contributed by atoms with Crippen LogP contribution in [0.4, 0.5) is 19.0 Å². The van der Waals surface area contributed by atoms with Crippen molar-refractivity contribution in [1.82, 2.24) is 14.6 Å². The van der Waals surface area contributed by atoms with E-state index in [0.29, 0.717) is 21.6 Å². The Hall–Kier alpha value is -2.87. The van der Waals surface area contributed by atoms with Crippen LogP contribution in [0.15, 0.2) is 65.3 Å². The molecule has 0 aliphatic rings. The molecule has 1 N–H and O–H groups in total. The number of aromatic nitrogens is 3. The first kappa shape index (κ1) is 19.4. The largest absolute Gasteiger partial charge is 0.416 e. The van der Waals surface area contributed by atoms with Crippen molar-refractivity contribution in [2.24, 2.45) is 0 Å². The summed E-state index contributed by atoms with van der Waals surface area (Å²) in [5, 5.41) is 7.38. The van der Waals surface area contributed by atoms with Gasteiger partial charge in [0.1, 0.15) is 5.82 Å². The lowest BCUT2D eigenvalue weighted by Crippen LogP contribution is -2.13. The SMILES string of the molecule is Cc1ccccc1-c1cc(NCc2ccccc2C(F)(F)F)n2ncc(Br)c2n1. The molecule has 4 nitrogen and oxygen atoms in total. The van der Waals surface area contributed by atoms with Crippen LogP contribution in [0.5, 0.6) is 0 Å². The lowest BCUT2D eigenvalue weighted by atomic mass is 10.1. The van der Waals surface area contributed by atoms with Crippen LogP contribution in [0, 0.1) is 6.92 Å². The lowest BCUT2D eigenvalue weighted by Gasteiger charge is -2.15. The minimum Gasteiger partial charge on any atom is -0.366 e. The number of nitrogens with zero attached hydrogens (tertiary/aromatic N) is 3. The number of hydrogen-bond donors (Lipinski definition) is 1. The van der Waals surface area contributed by atoms with Gasteiger partial charge in [0.15, 0.2) is 5.65 Å². The van der Waals surface area contributed by atoms with Crippen molar-refractivity contribution in [2.45, 2.75) is 19.6 Å². The van der Waals surface area contributed by atoms with Crippen LogP contribution in [0.2, 0.25) is 0 Å². The molecule has 0 amide bonds. The molecule has 0 unspecified atom stereocenters. The molecule has 0 saturated carbocycles. The summed E-state index contributed by atoms with van der Waals surface area (Å²) in [7, 11) is 0. The standard InChI is InChI=1S/C21H16BrF3N4/c1-13-6-2-4-8-15(13)18-10-19(29-20(28-18)17(22)12-27-29)26-11-14-7-3-5-9-16(14)21(23,24)25/h2-10,12,26H,11H2,1H3. The normalized spacial score (nSPS) is 11.8. The second-order valence-corrected chi connectivity index (χ2v) is 7.43. The topological polar surface area (TPSA) is 42.2 Å². The van der Waals surface area contributed by atoms with Gasteiger partial charge in [-0.1, -0.05) is 42.5 Å². The minimum absolute atomic E-state index is 0.000508. The third-order valence-electron chi connectivity index (χ3n) is 4.63. The summed E-state index contributed by atoms with van der Waals surface area (Å²) < 4.78 is 42.2. The van der Waals surface area contributed by atoms with E-state index in [1.165, 1.54) is 12.1 Å². The molecule has 2 heterocycles. The molecular formula is C21H16BrF3N4. The molecule has 0 atom stereocenters. The third kappa shape index (κ3) is 3.85. The number of alkyl halides is 3. The summed E-state index contributed by atoms with van der Waals surface area (Å²) >= 11 is 3.44. The summed E-state index contributed by atoms with van der Waals surface area (Å²) in [6, 6.07) is 15.1. The molecule has 2 aromatic heterocycles. The van der Waals surface area contributed by atoms with Gasteiger partial charge in [0.05, 0.1) is 21.9 Å². The van der Waals surface area contributed by atoms with E-state index >= 15 is 0 Å². The molecule has 148 valence electrons. The maximum Gasteiger partial charge on any atom is 0.416 e. The van der Waals surface area contributed by atoms with Crippen LogP contribution >= 0.6 is 15.9 Å². The fourth-order valence-electron chi connectivity index (χ4n) is 3.20. The monoisotopic (exact) mass is 460 g/mol. The Balaban J connectivity index is 1.76. The number of fused-ring (bicyclic) bond motifs is 1. The van der Waals surface area contributed by atoms with Crippen LogP contribution in [0.25, 0.3) is 16.9 Å². The Morgan fingerprint density at radius 2 is 1.79 bits per heavy atom. The highest BCUT2D eigenvalue weighted by Crippen LogP contribution is 2.33. The number of benzene rings is 2. The number of hydrogen-bond acceptors (Lipinski definition) is 3. The molecule has 0 radical (unpaired) electrons. The van der Waals surface area contributed by atoms with Gasteiger partial charge in [-0.3, -0.25) is 0 Å². The Kier molecular flexibility index (Phi) is 5.04. The van der Waals surface area contributed by atoms with Crippen molar-refractivity contribution in [2.75, 3.05) is 5.32 Å². The maximum absolute atomic E-state index is 13.3. The number of nitrogens with one attached hydrogen (secondary N) is 1. The van der Waals surface area contributed by atoms with Gasteiger partial charge in [-0.15, -0.1) is 0 Å². The molecule has 8 heteroatoms. The lowest BCUT2D eigenvalue weighted by molar-refractivity contribution is -0.138. The summed E-state index contributed by atoms with van der Waals surface area (Å²) in [6.07, 6.45) is -2.80. The van der Waals surface area contributed by atoms with Crippen LogP contribution in [-0.4, -0.2) is 14.6 Å². The van der Waals surface area contributed by atoms with E-state index in [1.54, 1.807) is 22.8 Å². The Morgan fingerprint density at radius 3 is 2.55 bits per heavy atom. The molecule has 0 aliphatic heterocycles. The zero-order valence-corrected chi connectivity index (χ0v) is 16.9. The molecule has 0 spiro atoms. The average Bonchev–Trinajstić information content (AvgIpc) is 3.07. The van der Waals surface area contributed by atoms with Gasteiger partial charge >= 0.3 is 6.18 Å². The van der Waals surface area contributed by atoms with E-state index < -0.39 is 11.7 Å². The molecule has 0 fully saturated rings. The van der Waals surface area contributed by atoms with Crippen LogP contribution < -0.4 is 5.32 Å². The zero-order chi connectivity index (χ0) is 20.6. The highest BCUT2D eigenvalue weighted by atomic mass is 79.9. The summed E-state index contributed by atoms with van der Waals surface area (Å²) in [5.41, 5.74) is 2.79. The van der Waals surface area contributed by atoms with Gasteiger partial charge in [-0.25, -0.2) is 4.98 Å². The third-order valence-corrected chi connectivity index (χ3v) is 5.19. The van der Waals surface area contributed by atoms with Gasteiger partial charge < -0.3 is 5.32 Å². The smallest absolute Gasteiger partial charge is 0.366 e. The summed E-state index contributed by atoms with van der Waals surface area (Å²) in [5.74, 6) is 0.552. The van der Waals surface area contributed by atoms with Gasteiger partial charge in [-0.05, 0) is 40.0 Å². The van der Waals surface area contributed by atoms with Gasteiger partial charge in [0.2, 0.25) is 0 Å². The Labute approximate surface area is 173 Å². The van der Waals surface area contributed by atoms with Crippen molar-refractivity contribution in [1.29, 1.82) is 0 Å². The fourth-order valence-corrected chi connectivity index (χ4v) is 3.55. The second-order valence-electron chi connectivity index (χ2n) is 6.58. The molecule has 4 rings (SSSR count). The predicted molar refractivity (Wildman–Crippen MR) is 110 cm³/mol. The minimum atomic E-state index is -4.41. The maximum atomic E-state index is 13.3. The fraction of sp³-hybridized carbons (Fsp3) is 0.143. The molecule has 4 aromatic rings. The zero-order valence-electron chi connectivity index (χ0n) is 15.3. The van der Waals surface area contributed by atoms with Crippen molar-refractivity contribution in [3.05, 3.63) is 82.0 Å². The van der Waals surface area contributed by atoms with Crippen LogP contribution in [0.3, 0.4) is 0 Å². The highest BCUT2D eigenvalue weighted by molar-refractivity contribution is 9.10. The van der Waals surface area contributed by atoms with E-state index in [4.69, 9.17) is 0 Å². The second kappa shape index (κ2) is 7.51. The van der Waals surface area contributed by atoms with Gasteiger partial charge in [0, 0.05) is 18.2 Å². The first-order valence-corrected chi connectivity index (χ1v) is 9.63. The summed E-state index contributed by atoms with van der Waals surface area (Å²) in [4.78, 5) is 4.67. The van der Waals surface area contributed by atoms with E-state index in [2.05, 4.69) is 31.3 Å². The van der Waals surface area contributed by atoms with E-state index in [0.717, 1.165) is 17.2 Å². The Bertz CT molecular complexity index is 1180. The predicted octanol–water partition coefficient (Wildman–Crippen LogP) is 6.10. The van der Waals surface area contributed by atoms with Gasteiger partial charge in [-0.2, -0.15) is 22.8 Å². The van der Waals surface area contributed by atoms with Crippen molar-refractivity contribution >= 4 is 27.4 Å². The number of anilines is 1. The number of aryl methyl sites for hydroxylation is 1. The number of rotatable bonds is 4. The van der Waals surface area contributed by atoms with E-state index in [1.807, 2.05) is 31.2 Å². The first-order chi connectivity index (χ1) is 13.8. The van der Waals surface area contributed by atoms with Crippen molar-refractivity contribution in [3.63, 3.8) is 0 Å². The molecule has 0 aliphatic carbocycles. The van der Waals surface area contributed by atoms with Gasteiger partial charge in [0.25, 0.3) is 0 Å². The van der Waals surface area contributed by atoms with E-state index in [-0.39, 0.29) is 12.1 Å². The van der Waals surface area contributed by atoms with E-state index in [9.17, 15) is 13.2 Å². The molecule has 29 heavy (non-hydrogen) atoms. The van der Waals surface area contributed by atoms with Crippen LogP contribution in [0.1, 0.15) is 16.7 Å². The molecular weight excluding hydrogens is 445 g/mol. The molecule has 0 bridgehead atoms. The van der Waals surface area contributed by atoms with Crippen molar-refractivity contribution in [3.8, 4) is 11.3 Å². The quantitative estimate of drug-likeness (QED) is 0.400.